The van der Waals surface area contributed by atoms with E-state index in [4.69, 9.17) is 38.7 Å². The number of furan rings is 2. The molecule has 0 aliphatic heterocycles. The van der Waals surface area contributed by atoms with Crippen LogP contribution in [0.2, 0.25) is 0 Å². The van der Waals surface area contributed by atoms with Crippen LogP contribution in [0.3, 0.4) is 0 Å². The van der Waals surface area contributed by atoms with Gasteiger partial charge in [-0.3, -0.25) is 0 Å². The first kappa shape index (κ1) is 67.8. The van der Waals surface area contributed by atoms with E-state index < -0.39 is 0 Å². The average Bonchev–Trinajstić information content (AvgIpc) is 0.904. The fraction of sp³-hybridized carbons (Fsp3) is 0. The third kappa shape index (κ3) is 11.7. The van der Waals surface area contributed by atoms with Crippen LogP contribution < -0.4 is 0 Å². The SMILES string of the molecule is c1ccc(-c2ccc(-c3ccc(-c4ccccc4)c(-c4nc(-c5ccc(-c6ccc(-c7cc8ccccc8c8ccccc78)c7ccccc67)cc5)nc(-c5cccc6c5oc5ccccc56)n4)c3)cc2-c2nc(-c3ccc(-c4ccc(-c5cc6ccccc6c6ccccc56)cc4)cc3)nc(-c3cccc4c3oc3ccccc34)n2)cc1. The lowest BCUT2D eigenvalue weighted by Crippen LogP contribution is -2.02. The monoisotopic (exact) mass is 1500 g/mol. The van der Waals surface area contributed by atoms with E-state index in [9.17, 15) is 0 Å². The van der Waals surface area contributed by atoms with E-state index in [2.05, 4.69) is 346 Å². The van der Waals surface area contributed by atoms with Gasteiger partial charge in [-0.1, -0.05) is 352 Å². The molecular formula is C110H66N6O2. The Balaban J connectivity index is 0.666. The van der Waals surface area contributed by atoms with Gasteiger partial charge in [0.15, 0.2) is 34.9 Å². The summed E-state index contributed by atoms with van der Waals surface area (Å²) in [4.78, 5) is 33.1. The minimum atomic E-state index is 0.477. The molecule has 4 heterocycles. The lowest BCUT2D eigenvalue weighted by atomic mass is 9.88. The highest BCUT2D eigenvalue weighted by Crippen LogP contribution is 2.46. The summed E-state index contributed by atoms with van der Waals surface area (Å²) in [6.45, 7) is 0. The van der Waals surface area contributed by atoms with Crippen LogP contribution in [0.25, 0.3) is 244 Å². The highest BCUT2D eigenvalue weighted by molar-refractivity contribution is 6.18. The zero-order valence-corrected chi connectivity index (χ0v) is 63.6. The molecule has 0 bridgehead atoms. The Bertz CT molecular complexity index is 7970. The van der Waals surface area contributed by atoms with E-state index in [1.807, 2.05) is 54.6 Å². The molecule has 8 heteroatoms. The summed E-state index contributed by atoms with van der Waals surface area (Å²) in [5.41, 5.74) is 22.6. The number of rotatable bonds is 13. The van der Waals surface area contributed by atoms with Crippen LogP contribution >= 0.6 is 0 Å². The summed E-state index contributed by atoms with van der Waals surface area (Å²) < 4.78 is 13.6. The molecule has 0 spiro atoms. The number of hydrogen-bond acceptors (Lipinski definition) is 8. The zero-order chi connectivity index (χ0) is 77.7. The van der Waals surface area contributed by atoms with E-state index in [1.54, 1.807) is 0 Å². The molecule has 0 radical (unpaired) electrons. The van der Waals surface area contributed by atoms with Crippen LogP contribution in [-0.2, 0) is 0 Å². The van der Waals surface area contributed by atoms with E-state index in [0.29, 0.717) is 46.1 Å². The van der Waals surface area contributed by atoms with Gasteiger partial charge in [-0.2, -0.15) is 0 Å². The summed E-state index contributed by atoms with van der Waals surface area (Å²) in [7, 11) is 0. The Kier molecular flexibility index (Phi) is 16.1. The van der Waals surface area contributed by atoms with Gasteiger partial charge in [0.2, 0.25) is 0 Å². The smallest absolute Gasteiger partial charge is 0.167 e. The molecule has 0 aliphatic carbocycles. The standard InChI is InChI=1S/C110H66N6O2/c1-3-23-69(24-4-1)82-59-57-75(63-99(82)109-113-105(111-107(115-109)95-41-21-39-93-91-37-17-19-43-101(91)117-103(93)95)73-53-47-68(48-54-73)67-45-49-72(50-46-67)97-65-77-27-7-9-29-79(77)84-31-12-15-35-88(84)97)76-58-60-83(70-25-5-2-6-26-70)100(64-76)110-114-106(112-108(116-110)96-42-22-40-94-92-38-18-20-44-102(92)118-104(94)96)74-55-51-71(52-56-74)81-61-62-90(87-34-14-11-33-86(81)87)98-66-78-28-8-10-30-80(78)85-32-13-16-36-89(85)98/h1-66H. The molecule has 0 aliphatic rings. The second-order valence-electron chi connectivity index (χ2n) is 30.2. The maximum absolute atomic E-state index is 6.80. The first-order valence-corrected chi connectivity index (χ1v) is 39.9. The van der Waals surface area contributed by atoms with Gasteiger partial charge in [0.05, 0.1) is 11.1 Å². The van der Waals surface area contributed by atoms with Gasteiger partial charge in [-0.15, -0.1) is 0 Å². The number of aromatic nitrogens is 6. The molecule has 0 fully saturated rings. The van der Waals surface area contributed by atoms with Crippen LogP contribution in [0.5, 0.6) is 0 Å². The Morgan fingerprint density at radius 2 is 0.432 bits per heavy atom. The van der Waals surface area contributed by atoms with Crippen LogP contribution in [0.4, 0.5) is 0 Å². The van der Waals surface area contributed by atoms with Crippen molar-refractivity contribution in [1.29, 1.82) is 0 Å². The molecule has 118 heavy (non-hydrogen) atoms. The summed E-state index contributed by atoms with van der Waals surface area (Å²) in [6, 6.07) is 142. The van der Waals surface area contributed by atoms with Gasteiger partial charge in [-0.25, -0.2) is 29.9 Å². The van der Waals surface area contributed by atoms with Crippen molar-refractivity contribution in [2.75, 3.05) is 0 Å². The lowest BCUT2D eigenvalue weighted by Gasteiger charge is -2.16. The predicted octanol–water partition coefficient (Wildman–Crippen LogP) is 29.3. The molecule has 0 unspecified atom stereocenters. The van der Waals surface area contributed by atoms with E-state index in [1.165, 1.54) is 65.2 Å². The molecule has 0 N–H and O–H groups in total. The van der Waals surface area contributed by atoms with Gasteiger partial charge in [0.1, 0.15) is 22.3 Å². The summed E-state index contributed by atoms with van der Waals surface area (Å²) in [6.07, 6.45) is 0. The van der Waals surface area contributed by atoms with Crippen molar-refractivity contribution in [1.82, 2.24) is 29.9 Å². The topological polar surface area (TPSA) is 104 Å². The molecule has 23 aromatic rings. The Morgan fingerprint density at radius 1 is 0.136 bits per heavy atom. The molecule has 4 aromatic heterocycles. The largest absolute Gasteiger partial charge is 0.455 e. The Hall–Kier alpha value is -15.9. The third-order valence-corrected chi connectivity index (χ3v) is 23.5. The second kappa shape index (κ2) is 28.0. The molecule has 19 aromatic carbocycles. The van der Waals surface area contributed by atoms with Crippen LogP contribution in [0.1, 0.15) is 0 Å². The molecule has 0 saturated carbocycles. The third-order valence-electron chi connectivity index (χ3n) is 23.5. The lowest BCUT2D eigenvalue weighted by molar-refractivity contribution is 0.669. The van der Waals surface area contributed by atoms with Gasteiger partial charge in [-0.05, 0) is 180 Å². The van der Waals surface area contributed by atoms with E-state index in [0.717, 1.165) is 133 Å². The quantitative estimate of drug-likeness (QED) is 0.105. The van der Waals surface area contributed by atoms with Crippen LogP contribution in [0, 0.1) is 0 Å². The fourth-order valence-electron chi connectivity index (χ4n) is 17.7. The van der Waals surface area contributed by atoms with Crippen molar-refractivity contribution in [3.05, 3.63) is 400 Å². The molecule has 23 rings (SSSR count). The van der Waals surface area contributed by atoms with Crippen molar-refractivity contribution in [2.24, 2.45) is 0 Å². The number of hydrogen-bond donors (Lipinski definition) is 0. The van der Waals surface area contributed by atoms with Crippen molar-refractivity contribution >= 4 is 97.7 Å². The first-order chi connectivity index (χ1) is 58.5. The molecule has 0 amide bonds. The van der Waals surface area contributed by atoms with Gasteiger partial charge >= 0.3 is 0 Å². The minimum Gasteiger partial charge on any atom is -0.455 e. The Morgan fingerprint density at radius 3 is 0.898 bits per heavy atom. The highest BCUT2D eigenvalue weighted by Gasteiger charge is 2.25. The minimum absolute atomic E-state index is 0.477. The maximum Gasteiger partial charge on any atom is 0.167 e. The van der Waals surface area contributed by atoms with Crippen molar-refractivity contribution in [3.8, 4) is 146 Å². The second-order valence-corrected chi connectivity index (χ2v) is 30.2. The van der Waals surface area contributed by atoms with Crippen LogP contribution in [-0.4, -0.2) is 29.9 Å². The van der Waals surface area contributed by atoms with E-state index in [-0.39, 0.29) is 0 Å². The molecule has 0 atom stereocenters. The van der Waals surface area contributed by atoms with E-state index >= 15 is 0 Å². The summed E-state index contributed by atoms with van der Waals surface area (Å²) in [5, 5.41) is 16.2. The molecular weight excluding hydrogens is 1440 g/mol. The highest BCUT2D eigenvalue weighted by atomic mass is 16.3. The summed E-state index contributed by atoms with van der Waals surface area (Å²) >= 11 is 0. The molecule has 0 saturated heterocycles. The Labute approximate surface area is 678 Å². The van der Waals surface area contributed by atoms with Crippen molar-refractivity contribution < 1.29 is 8.83 Å². The normalized spacial score (nSPS) is 11.7. The van der Waals surface area contributed by atoms with Gasteiger partial charge in [0, 0.05) is 43.8 Å². The van der Waals surface area contributed by atoms with Gasteiger partial charge < -0.3 is 8.83 Å². The van der Waals surface area contributed by atoms with Crippen molar-refractivity contribution in [2.45, 2.75) is 0 Å². The predicted molar refractivity (Wildman–Crippen MR) is 486 cm³/mol. The average molecular weight is 1500 g/mol. The first-order valence-electron chi connectivity index (χ1n) is 39.9. The summed E-state index contributed by atoms with van der Waals surface area (Å²) in [5.74, 6) is 2.97. The number of nitrogens with zero attached hydrogens (tertiary/aromatic N) is 6. The number of para-hydroxylation sites is 4. The van der Waals surface area contributed by atoms with Gasteiger partial charge in [0.25, 0.3) is 0 Å². The van der Waals surface area contributed by atoms with Crippen LogP contribution in [0.15, 0.2) is 409 Å². The van der Waals surface area contributed by atoms with Crippen molar-refractivity contribution in [3.63, 3.8) is 0 Å². The zero-order valence-electron chi connectivity index (χ0n) is 63.6. The molecule has 8 nitrogen and oxygen atoms in total. The maximum atomic E-state index is 6.80. The fourth-order valence-corrected chi connectivity index (χ4v) is 17.7. The molecule has 548 valence electrons. The number of benzene rings is 19. The number of fused-ring (bicyclic) bond motifs is 13.